The zero-order valence-electron chi connectivity index (χ0n) is 16.8. The summed E-state index contributed by atoms with van der Waals surface area (Å²) in [5, 5.41) is 2.97. The fourth-order valence-electron chi connectivity index (χ4n) is 3.30. The van der Waals surface area contributed by atoms with Crippen LogP contribution >= 0.6 is 11.3 Å². The Kier molecular flexibility index (Phi) is 4.71. The number of hydrogen-bond donors (Lipinski definition) is 2. The van der Waals surface area contributed by atoms with E-state index in [1.807, 2.05) is 49.4 Å². The first-order valence-electron chi connectivity index (χ1n) is 9.96. The smallest absolute Gasteiger partial charge is 0.298 e. The van der Waals surface area contributed by atoms with Crippen LogP contribution in [0.4, 0.5) is 5.82 Å². The topological polar surface area (TPSA) is 99.2 Å². The maximum atomic E-state index is 12.9. The van der Waals surface area contributed by atoms with Crippen molar-refractivity contribution < 1.29 is 9.53 Å². The quantitative estimate of drug-likeness (QED) is 0.496. The molecule has 1 saturated carbocycles. The predicted octanol–water partition coefficient (Wildman–Crippen LogP) is 4.02. The minimum absolute atomic E-state index is 0.116. The number of nitrogen functional groups attached to an aromatic ring is 1. The highest BCUT2D eigenvalue weighted by atomic mass is 32.1. The first-order valence-corrected chi connectivity index (χ1v) is 10.8. The van der Waals surface area contributed by atoms with Crippen LogP contribution in [0.2, 0.25) is 0 Å². The van der Waals surface area contributed by atoms with Crippen molar-refractivity contribution in [2.24, 2.45) is 0 Å². The minimum Gasteiger partial charge on any atom is -0.457 e. The largest absolute Gasteiger partial charge is 0.457 e. The van der Waals surface area contributed by atoms with Gasteiger partial charge in [-0.15, -0.1) is 11.3 Å². The van der Waals surface area contributed by atoms with E-state index in [9.17, 15) is 9.59 Å². The monoisotopic (exact) mass is 432 g/mol. The predicted molar refractivity (Wildman–Crippen MR) is 121 cm³/mol. The number of anilines is 1. The van der Waals surface area contributed by atoms with Gasteiger partial charge in [-0.05, 0) is 49.6 Å². The Balaban J connectivity index is 1.61. The summed E-state index contributed by atoms with van der Waals surface area (Å²) in [6.45, 7) is 1.94. The van der Waals surface area contributed by atoms with Crippen LogP contribution in [0.3, 0.4) is 0 Å². The van der Waals surface area contributed by atoms with Gasteiger partial charge in [-0.25, -0.2) is 4.98 Å². The fraction of sp³-hybridized carbons (Fsp3) is 0.174. The number of amides is 1. The van der Waals surface area contributed by atoms with Crippen LogP contribution in [0, 0.1) is 6.92 Å². The number of nitrogens with zero attached hydrogens (tertiary/aromatic N) is 2. The van der Waals surface area contributed by atoms with Crippen molar-refractivity contribution in [1.82, 2.24) is 14.9 Å². The summed E-state index contributed by atoms with van der Waals surface area (Å²) in [5.41, 5.74) is 7.54. The van der Waals surface area contributed by atoms with Gasteiger partial charge in [0.2, 0.25) is 0 Å². The molecule has 0 saturated heterocycles. The summed E-state index contributed by atoms with van der Waals surface area (Å²) in [7, 11) is 0. The second-order valence-corrected chi connectivity index (χ2v) is 8.58. The zero-order chi connectivity index (χ0) is 21.5. The van der Waals surface area contributed by atoms with Crippen LogP contribution in [0.15, 0.2) is 59.4 Å². The second-order valence-electron chi connectivity index (χ2n) is 7.55. The summed E-state index contributed by atoms with van der Waals surface area (Å²) in [6.07, 6.45) is 2.00. The second kappa shape index (κ2) is 7.55. The molecule has 1 fully saturated rings. The van der Waals surface area contributed by atoms with Gasteiger partial charge in [-0.3, -0.25) is 14.2 Å². The summed E-state index contributed by atoms with van der Waals surface area (Å²) in [6, 6.07) is 16.9. The van der Waals surface area contributed by atoms with Crippen molar-refractivity contribution >= 4 is 33.4 Å². The van der Waals surface area contributed by atoms with Crippen LogP contribution in [0.1, 0.15) is 28.1 Å². The fourth-order valence-corrected chi connectivity index (χ4v) is 4.23. The van der Waals surface area contributed by atoms with E-state index < -0.39 is 5.56 Å². The average Bonchev–Trinajstić information content (AvgIpc) is 3.48. The van der Waals surface area contributed by atoms with E-state index in [-0.39, 0.29) is 17.8 Å². The number of thiophene rings is 1. The van der Waals surface area contributed by atoms with Crippen LogP contribution in [0.25, 0.3) is 16.0 Å². The number of ether oxygens (including phenoxy) is 1. The highest BCUT2D eigenvalue weighted by Gasteiger charge is 2.25. The number of hydrogen-bond acceptors (Lipinski definition) is 6. The molecule has 8 heteroatoms. The average molecular weight is 433 g/mol. The summed E-state index contributed by atoms with van der Waals surface area (Å²) in [4.78, 5) is 30.7. The summed E-state index contributed by atoms with van der Waals surface area (Å²) >= 11 is 1.22. The molecule has 0 unspecified atom stereocenters. The van der Waals surface area contributed by atoms with Crippen LogP contribution in [-0.4, -0.2) is 21.5 Å². The third-order valence-electron chi connectivity index (χ3n) is 5.12. The molecule has 2 aromatic heterocycles. The lowest BCUT2D eigenvalue weighted by molar-refractivity contribution is 0.0955. The number of aryl methyl sites for hydroxylation is 1. The molecule has 1 amide bonds. The van der Waals surface area contributed by atoms with E-state index in [1.54, 1.807) is 12.1 Å². The van der Waals surface area contributed by atoms with E-state index in [1.165, 1.54) is 15.9 Å². The van der Waals surface area contributed by atoms with Gasteiger partial charge < -0.3 is 15.8 Å². The number of carbonyl (C=O) groups excluding carboxylic acids is 1. The molecule has 0 atom stereocenters. The SMILES string of the molecule is Cc1ccc(-n2c(=O)c(N)nc3sc(C(=O)NC4CC4)cc32)cc1Oc1ccccc1. The molecule has 0 aliphatic heterocycles. The highest BCUT2D eigenvalue weighted by molar-refractivity contribution is 7.20. The lowest BCUT2D eigenvalue weighted by atomic mass is 10.2. The van der Waals surface area contributed by atoms with E-state index in [0.717, 1.165) is 18.4 Å². The Morgan fingerprint density at radius 2 is 1.97 bits per heavy atom. The normalized spacial score (nSPS) is 13.3. The van der Waals surface area contributed by atoms with Crippen LogP contribution < -0.4 is 21.3 Å². The first kappa shape index (κ1) is 19.3. The summed E-state index contributed by atoms with van der Waals surface area (Å²) in [5.74, 6) is 1.06. The molecule has 31 heavy (non-hydrogen) atoms. The molecule has 5 rings (SSSR count). The molecule has 3 N–H and O–H groups in total. The third kappa shape index (κ3) is 3.77. The lowest BCUT2D eigenvalue weighted by Crippen LogP contribution is -2.24. The molecule has 2 aromatic carbocycles. The molecule has 156 valence electrons. The Morgan fingerprint density at radius 3 is 2.71 bits per heavy atom. The van der Waals surface area contributed by atoms with Crippen molar-refractivity contribution in [3.63, 3.8) is 0 Å². The molecular weight excluding hydrogens is 412 g/mol. The maximum Gasteiger partial charge on any atom is 0.298 e. The Hall–Kier alpha value is -3.65. The van der Waals surface area contributed by atoms with Gasteiger partial charge in [-0.2, -0.15) is 0 Å². The Labute approximate surface area is 182 Å². The third-order valence-corrected chi connectivity index (χ3v) is 6.13. The minimum atomic E-state index is -0.436. The van der Waals surface area contributed by atoms with Gasteiger partial charge >= 0.3 is 0 Å². The van der Waals surface area contributed by atoms with Crippen molar-refractivity contribution in [1.29, 1.82) is 0 Å². The van der Waals surface area contributed by atoms with E-state index in [4.69, 9.17) is 10.5 Å². The molecule has 0 spiro atoms. The van der Waals surface area contributed by atoms with E-state index in [2.05, 4.69) is 10.3 Å². The standard InChI is InChI=1S/C23H20N4O3S/c1-13-7-10-15(11-18(13)30-16-5-3-2-4-6-16)27-17-12-19(21(28)25-14-8-9-14)31-22(17)26-20(24)23(27)29/h2-7,10-12,14H,8-9H2,1H3,(H2,24,26)(H,25,28). The molecule has 0 radical (unpaired) electrons. The Bertz CT molecular complexity index is 1360. The number of aromatic nitrogens is 2. The molecular formula is C23H20N4O3S. The van der Waals surface area contributed by atoms with E-state index in [0.29, 0.717) is 32.4 Å². The number of carbonyl (C=O) groups is 1. The molecule has 2 heterocycles. The van der Waals surface area contributed by atoms with Crippen molar-refractivity contribution in [2.45, 2.75) is 25.8 Å². The van der Waals surface area contributed by atoms with E-state index >= 15 is 0 Å². The van der Waals surface area contributed by atoms with Gasteiger partial charge in [0.1, 0.15) is 16.3 Å². The van der Waals surface area contributed by atoms with Gasteiger partial charge in [0, 0.05) is 12.1 Å². The van der Waals surface area contributed by atoms with Gasteiger partial charge in [0.15, 0.2) is 5.82 Å². The number of nitrogens with one attached hydrogen (secondary N) is 1. The molecule has 1 aliphatic carbocycles. The van der Waals surface area contributed by atoms with Gasteiger partial charge in [-0.1, -0.05) is 24.3 Å². The maximum absolute atomic E-state index is 12.9. The number of benzene rings is 2. The number of para-hydroxylation sites is 1. The lowest BCUT2D eigenvalue weighted by Gasteiger charge is -2.13. The summed E-state index contributed by atoms with van der Waals surface area (Å²) < 4.78 is 7.51. The molecule has 7 nitrogen and oxygen atoms in total. The van der Waals surface area contributed by atoms with Crippen molar-refractivity contribution in [3.05, 3.63) is 75.4 Å². The number of nitrogens with two attached hydrogens (primary N) is 1. The zero-order valence-corrected chi connectivity index (χ0v) is 17.6. The highest BCUT2D eigenvalue weighted by Crippen LogP contribution is 2.30. The van der Waals surface area contributed by atoms with Gasteiger partial charge in [0.25, 0.3) is 11.5 Å². The van der Waals surface area contributed by atoms with Crippen LogP contribution in [0.5, 0.6) is 11.5 Å². The molecule has 4 aromatic rings. The molecule has 0 bridgehead atoms. The van der Waals surface area contributed by atoms with Gasteiger partial charge in [0.05, 0.1) is 16.1 Å². The molecule has 1 aliphatic rings. The Morgan fingerprint density at radius 1 is 1.19 bits per heavy atom. The van der Waals surface area contributed by atoms with Crippen molar-refractivity contribution in [2.75, 3.05) is 5.73 Å². The van der Waals surface area contributed by atoms with Crippen LogP contribution in [-0.2, 0) is 0 Å². The van der Waals surface area contributed by atoms with Crippen molar-refractivity contribution in [3.8, 4) is 17.2 Å². The first-order chi connectivity index (χ1) is 15.0. The number of fused-ring (bicyclic) bond motifs is 1. The number of rotatable bonds is 5.